The van der Waals surface area contributed by atoms with E-state index in [2.05, 4.69) is 41.2 Å². The second-order valence-corrected chi connectivity index (χ2v) is 6.32. The Morgan fingerprint density at radius 1 is 1.22 bits per heavy atom. The van der Waals surface area contributed by atoms with Gasteiger partial charge in [0.2, 0.25) is 5.91 Å². The van der Waals surface area contributed by atoms with Crippen LogP contribution in [0.2, 0.25) is 0 Å². The number of aryl methyl sites for hydroxylation is 1. The van der Waals surface area contributed by atoms with Gasteiger partial charge in [0.1, 0.15) is 5.82 Å². The van der Waals surface area contributed by atoms with Gasteiger partial charge in [0.15, 0.2) is 0 Å². The smallest absolute Gasteiger partial charge is 0.225 e. The number of anilines is 1. The Morgan fingerprint density at radius 2 is 2.00 bits per heavy atom. The molecule has 0 radical (unpaired) electrons. The van der Waals surface area contributed by atoms with E-state index in [1.165, 1.54) is 11.1 Å². The lowest BCUT2D eigenvalue weighted by molar-refractivity contribution is -0.125. The Morgan fingerprint density at radius 3 is 2.74 bits per heavy atom. The first-order valence-electron chi connectivity index (χ1n) is 8.13. The number of nitrogens with one attached hydrogen (secondary N) is 1. The van der Waals surface area contributed by atoms with E-state index in [-0.39, 0.29) is 11.8 Å². The highest BCUT2D eigenvalue weighted by Gasteiger charge is 2.35. The van der Waals surface area contributed by atoms with E-state index in [9.17, 15) is 4.79 Å². The van der Waals surface area contributed by atoms with Crippen molar-refractivity contribution in [1.82, 2.24) is 10.3 Å². The first kappa shape index (κ1) is 15.5. The van der Waals surface area contributed by atoms with Crippen molar-refractivity contribution in [3.8, 4) is 0 Å². The Hall–Kier alpha value is -2.36. The van der Waals surface area contributed by atoms with Gasteiger partial charge in [-0.15, -0.1) is 0 Å². The van der Waals surface area contributed by atoms with E-state index in [0.29, 0.717) is 12.5 Å². The van der Waals surface area contributed by atoms with Crippen LogP contribution in [0, 0.1) is 18.8 Å². The number of hydrogen-bond donors (Lipinski definition) is 1. The van der Waals surface area contributed by atoms with Gasteiger partial charge < -0.3 is 10.2 Å². The maximum absolute atomic E-state index is 12.6. The summed E-state index contributed by atoms with van der Waals surface area (Å²) in [5.41, 5.74) is 2.38. The molecule has 1 aromatic heterocycles. The zero-order chi connectivity index (χ0) is 16.2. The predicted octanol–water partition coefficient (Wildman–Crippen LogP) is 2.78. The molecule has 1 amide bonds. The maximum Gasteiger partial charge on any atom is 0.225 e. The third-order valence-corrected chi connectivity index (χ3v) is 4.64. The minimum absolute atomic E-state index is 0.0148. The van der Waals surface area contributed by atoms with E-state index < -0.39 is 0 Å². The lowest BCUT2D eigenvalue weighted by atomic mass is 9.97. The molecule has 2 atom stereocenters. The highest BCUT2D eigenvalue weighted by Crippen LogP contribution is 2.27. The molecule has 1 N–H and O–H groups in total. The van der Waals surface area contributed by atoms with Crippen molar-refractivity contribution in [3.63, 3.8) is 0 Å². The monoisotopic (exact) mass is 309 g/mol. The third kappa shape index (κ3) is 3.52. The molecule has 23 heavy (non-hydrogen) atoms. The van der Waals surface area contributed by atoms with Gasteiger partial charge in [0.25, 0.3) is 0 Å². The van der Waals surface area contributed by atoms with E-state index in [1.54, 1.807) is 6.20 Å². The first-order valence-corrected chi connectivity index (χ1v) is 8.13. The molecule has 0 saturated carbocycles. The quantitative estimate of drug-likeness (QED) is 0.944. The summed E-state index contributed by atoms with van der Waals surface area (Å²) in [5, 5.41) is 3.10. The Balaban J connectivity index is 1.61. The maximum atomic E-state index is 12.6. The van der Waals surface area contributed by atoms with Crippen LogP contribution in [-0.4, -0.2) is 24.0 Å². The van der Waals surface area contributed by atoms with Crippen LogP contribution in [0.15, 0.2) is 48.7 Å². The molecule has 2 aromatic rings. The van der Waals surface area contributed by atoms with Crippen LogP contribution in [0.4, 0.5) is 5.82 Å². The van der Waals surface area contributed by atoms with E-state index >= 15 is 0 Å². The van der Waals surface area contributed by atoms with E-state index in [4.69, 9.17) is 0 Å². The lowest BCUT2D eigenvalue weighted by Crippen LogP contribution is -2.34. The topological polar surface area (TPSA) is 45.2 Å². The molecule has 2 heterocycles. The molecule has 1 saturated heterocycles. The summed E-state index contributed by atoms with van der Waals surface area (Å²) >= 11 is 0. The minimum atomic E-state index is 0.0148. The number of hydrogen-bond acceptors (Lipinski definition) is 3. The summed E-state index contributed by atoms with van der Waals surface area (Å²) in [6, 6.07) is 14.1. The molecule has 0 aliphatic carbocycles. The van der Waals surface area contributed by atoms with E-state index in [0.717, 1.165) is 18.9 Å². The van der Waals surface area contributed by atoms with Gasteiger partial charge in [-0.25, -0.2) is 4.98 Å². The molecule has 4 heteroatoms. The molecule has 1 aromatic carbocycles. The number of carbonyl (C=O) groups is 1. The van der Waals surface area contributed by atoms with Gasteiger partial charge in [-0.2, -0.15) is 0 Å². The molecule has 0 unspecified atom stereocenters. The fraction of sp³-hybridized carbons (Fsp3) is 0.368. The van der Waals surface area contributed by atoms with Crippen molar-refractivity contribution in [1.29, 1.82) is 0 Å². The Labute approximate surface area is 137 Å². The van der Waals surface area contributed by atoms with Gasteiger partial charge >= 0.3 is 0 Å². The molecule has 120 valence electrons. The number of carbonyl (C=O) groups excluding carboxylic acids is 1. The normalized spacial score (nSPS) is 20.5. The van der Waals surface area contributed by atoms with E-state index in [1.807, 2.05) is 30.3 Å². The number of benzene rings is 1. The molecule has 1 aliphatic heterocycles. The van der Waals surface area contributed by atoms with Gasteiger partial charge in [-0.05, 0) is 36.1 Å². The van der Waals surface area contributed by atoms with Crippen LogP contribution in [0.25, 0.3) is 0 Å². The number of amides is 1. The largest absolute Gasteiger partial charge is 0.356 e. The fourth-order valence-electron chi connectivity index (χ4n) is 3.16. The first-order chi connectivity index (χ1) is 11.1. The molecule has 1 aliphatic rings. The van der Waals surface area contributed by atoms with Crippen molar-refractivity contribution in [3.05, 3.63) is 59.8 Å². The number of rotatable bonds is 4. The van der Waals surface area contributed by atoms with Crippen LogP contribution in [0.1, 0.15) is 18.1 Å². The summed E-state index contributed by atoms with van der Waals surface area (Å²) in [4.78, 5) is 19.1. The minimum Gasteiger partial charge on any atom is -0.356 e. The zero-order valence-corrected chi connectivity index (χ0v) is 13.7. The van der Waals surface area contributed by atoms with Gasteiger partial charge in [0.05, 0.1) is 5.92 Å². The SMILES string of the molecule is Cc1ccccc1CNC(=O)[C@@H]1CN(c2ccccn2)C[C@H]1C. The number of aromatic nitrogens is 1. The van der Waals surface area contributed by atoms with Crippen LogP contribution < -0.4 is 10.2 Å². The summed E-state index contributed by atoms with van der Waals surface area (Å²) in [5.74, 6) is 1.43. The average molecular weight is 309 g/mol. The van der Waals surface area contributed by atoms with Crippen LogP contribution >= 0.6 is 0 Å². The lowest BCUT2D eigenvalue weighted by Gasteiger charge is -2.17. The van der Waals surface area contributed by atoms with Crippen molar-refractivity contribution in [2.45, 2.75) is 20.4 Å². The zero-order valence-electron chi connectivity index (χ0n) is 13.7. The van der Waals surface area contributed by atoms with Crippen LogP contribution in [0.5, 0.6) is 0 Å². The molecular weight excluding hydrogens is 286 g/mol. The number of nitrogens with zero attached hydrogens (tertiary/aromatic N) is 2. The molecule has 0 bridgehead atoms. The number of pyridine rings is 1. The standard InChI is InChI=1S/C19H23N3O/c1-14-7-3-4-8-16(14)11-21-19(23)17-13-22(12-15(17)2)18-9-5-6-10-20-18/h3-10,15,17H,11-13H2,1-2H3,(H,21,23)/t15-,17-/m1/s1. The molecular formula is C19H23N3O. The Kier molecular flexibility index (Phi) is 4.60. The summed E-state index contributed by atoms with van der Waals surface area (Å²) < 4.78 is 0. The van der Waals surface area contributed by atoms with Gasteiger partial charge in [-0.1, -0.05) is 37.3 Å². The van der Waals surface area contributed by atoms with Gasteiger partial charge in [-0.3, -0.25) is 4.79 Å². The average Bonchev–Trinajstić information content (AvgIpc) is 2.97. The Bertz CT molecular complexity index is 671. The third-order valence-electron chi connectivity index (χ3n) is 4.64. The van der Waals surface area contributed by atoms with Crippen molar-refractivity contribution >= 4 is 11.7 Å². The highest BCUT2D eigenvalue weighted by atomic mass is 16.1. The van der Waals surface area contributed by atoms with Crippen LogP contribution in [0.3, 0.4) is 0 Å². The summed E-state index contributed by atoms with van der Waals surface area (Å²) in [7, 11) is 0. The highest BCUT2D eigenvalue weighted by molar-refractivity contribution is 5.80. The molecule has 4 nitrogen and oxygen atoms in total. The molecule has 1 fully saturated rings. The fourth-order valence-corrected chi connectivity index (χ4v) is 3.16. The second kappa shape index (κ2) is 6.82. The van der Waals surface area contributed by atoms with Gasteiger partial charge in [0, 0.05) is 25.8 Å². The predicted molar refractivity (Wildman–Crippen MR) is 92.1 cm³/mol. The van der Waals surface area contributed by atoms with Crippen molar-refractivity contribution < 1.29 is 4.79 Å². The van der Waals surface area contributed by atoms with Crippen molar-refractivity contribution in [2.75, 3.05) is 18.0 Å². The van der Waals surface area contributed by atoms with Crippen LogP contribution in [-0.2, 0) is 11.3 Å². The summed E-state index contributed by atoms with van der Waals surface area (Å²) in [6.07, 6.45) is 1.80. The molecule has 0 spiro atoms. The van der Waals surface area contributed by atoms with Crippen molar-refractivity contribution in [2.24, 2.45) is 11.8 Å². The molecule has 3 rings (SSSR count). The summed E-state index contributed by atoms with van der Waals surface area (Å²) in [6.45, 7) is 6.42. The second-order valence-electron chi connectivity index (χ2n) is 6.32.